The van der Waals surface area contributed by atoms with Gasteiger partial charge in [0.2, 0.25) is 5.91 Å². The van der Waals surface area contributed by atoms with Crippen molar-refractivity contribution in [1.29, 1.82) is 0 Å². The predicted molar refractivity (Wildman–Crippen MR) is 63.8 cm³/mol. The number of benzene rings is 1. The number of hydrogen-bond acceptors (Lipinski definition) is 2. The van der Waals surface area contributed by atoms with Crippen molar-refractivity contribution in [2.24, 2.45) is 16.5 Å². The van der Waals surface area contributed by atoms with Crippen LogP contribution in [-0.4, -0.2) is 25.0 Å². The zero-order valence-electron chi connectivity index (χ0n) is 9.02. The number of guanidine groups is 1. The van der Waals surface area contributed by atoms with Crippen molar-refractivity contribution in [2.75, 3.05) is 13.1 Å². The first-order chi connectivity index (χ1) is 7.68. The molecule has 5 N–H and O–H groups in total. The molecule has 5 heteroatoms. The summed E-state index contributed by atoms with van der Waals surface area (Å²) in [6, 6.07) is 9.93. The van der Waals surface area contributed by atoms with Gasteiger partial charge in [0.15, 0.2) is 5.96 Å². The highest BCUT2D eigenvalue weighted by Gasteiger charge is 1.98. The second-order valence-electron chi connectivity index (χ2n) is 3.33. The first-order valence-electron chi connectivity index (χ1n) is 5.04. The number of nitrogens with two attached hydrogens (primary N) is 2. The Morgan fingerprint density at radius 3 is 2.56 bits per heavy atom. The van der Waals surface area contributed by atoms with E-state index < -0.39 is 0 Å². The van der Waals surface area contributed by atoms with Gasteiger partial charge in [-0.15, -0.1) is 0 Å². The first kappa shape index (κ1) is 12.0. The molecule has 0 bridgehead atoms. The monoisotopic (exact) mass is 220 g/mol. The van der Waals surface area contributed by atoms with E-state index in [0.717, 1.165) is 6.42 Å². The molecule has 0 radical (unpaired) electrons. The van der Waals surface area contributed by atoms with Crippen molar-refractivity contribution in [3.63, 3.8) is 0 Å². The van der Waals surface area contributed by atoms with Crippen LogP contribution < -0.4 is 16.8 Å². The third-order valence-electron chi connectivity index (χ3n) is 1.98. The summed E-state index contributed by atoms with van der Waals surface area (Å²) in [7, 11) is 0. The Kier molecular flexibility index (Phi) is 4.85. The standard InChI is InChI=1S/C11H16N4O/c12-11(13)15-8-10(16)14-7-6-9-4-2-1-3-5-9/h1-5H,6-8H2,(H,14,16)(H4,12,13,15). The summed E-state index contributed by atoms with van der Waals surface area (Å²) < 4.78 is 0. The van der Waals surface area contributed by atoms with Crippen LogP contribution in [0.5, 0.6) is 0 Å². The normalized spacial score (nSPS) is 9.50. The van der Waals surface area contributed by atoms with Crippen molar-refractivity contribution in [3.8, 4) is 0 Å². The van der Waals surface area contributed by atoms with E-state index in [0.29, 0.717) is 6.54 Å². The fourth-order valence-corrected chi connectivity index (χ4v) is 1.21. The molecule has 86 valence electrons. The van der Waals surface area contributed by atoms with Crippen LogP contribution in [0.4, 0.5) is 0 Å². The zero-order chi connectivity index (χ0) is 11.8. The van der Waals surface area contributed by atoms with E-state index in [1.807, 2.05) is 30.3 Å². The summed E-state index contributed by atoms with van der Waals surface area (Å²) in [6.07, 6.45) is 0.800. The summed E-state index contributed by atoms with van der Waals surface area (Å²) in [5, 5.41) is 2.73. The fraction of sp³-hybridized carbons (Fsp3) is 0.273. The van der Waals surface area contributed by atoms with Crippen LogP contribution in [0.1, 0.15) is 5.56 Å². The summed E-state index contributed by atoms with van der Waals surface area (Å²) in [4.78, 5) is 14.8. The van der Waals surface area contributed by atoms with Gasteiger partial charge in [-0.2, -0.15) is 0 Å². The second-order valence-corrected chi connectivity index (χ2v) is 3.33. The SMILES string of the molecule is NC(N)=NCC(=O)NCCc1ccccc1. The Labute approximate surface area is 94.5 Å². The fourth-order valence-electron chi connectivity index (χ4n) is 1.21. The van der Waals surface area contributed by atoms with Gasteiger partial charge >= 0.3 is 0 Å². The Morgan fingerprint density at radius 2 is 1.94 bits per heavy atom. The average Bonchev–Trinajstić information content (AvgIpc) is 2.28. The molecular weight excluding hydrogens is 204 g/mol. The average molecular weight is 220 g/mol. The minimum Gasteiger partial charge on any atom is -0.370 e. The molecule has 16 heavy (non-hydrogen) atoms. The third-order valence-corrected chi connectivity index (χ3v) is 1.98. The predicted octanol–water partition coefficient (Wildman–Crippen LogP) is -0.381. The molecule has 0 aliphatic heterocycles. The maximum absolute atomic E-state index is 11.2. The molecule has 0 saturated carbocycles. The number of hydrogen-bond donors (Lipinski definition) is 3. The Morgan fingerprint density at radius 1 is 1.25 bits per heavy atom. The van der Waals surface area contributed by atoms with E-state index in [1.165, 1.54) is 5.56 Å². The van der Waals surface area contributed by atoms with Gasteiger partial charge in [-0.3, -0.25) is 4.79 Å². The molecular formula is C11H16N4O. The lowest BCUT2D eigenvalue weighted by Crippen LogP contribution is -2.30. The smallest absolute Gasteiger partial charge is 0.241 e. The topological polar surface area (TPSA) is 93.5 Å². The van der Waals surface area contributed by atoms with E-state index in [2.05, 4.69) is 10.3 Å². The number of nitrogens with zero attached hydrogens (tertiary/aromatic N) is 1. The van der Waals surface area contributed by atoms with Crippen LogP contribution in [0, 0.1) is 0 Å². The van der Waals surface area contributed by atoms with Gasteiger partial charge in [0, 0.05) is 6.54 Å². The number of nitrogens with one attached hydrogen (secondary N) is 1. The van der Waals surface area contributed by atoms with Gasteiger partial charge in [0.05, 0.1) is 0 Å². The highest BCUT2D eigenvalue weighted by atomic mass is 16.1. The number of amides is 1. The molecule has 1 rings (SSSR count). The number of carbonyl (C=O) groups is 1. The molecule has 0 atom stereocenters. The van der Waals surface area contributed by atoms with E-state index in [-0.39, 0.29) is 18.4 Å². The molecule has 0 aliphatic carbocycles. The molecule has 0 saturated heterocycles. The largest absolute Gasteiger partial charge is 0.370 e. The van der Waals surface area contributed by atoms with Crippen LogP contribution in [0.25, 0.3) is 0 Å². The lowest BCUT2D eigenvalue weighted by atomic mass is 10.1. The first-order valence-corrected chi connectivity index (χ1v) is 5.04. The molecule has 0 unspecified atom stereocenters. The number of rotatable bonds is 5. The Hall–Kier alpha value is -2.04. The lowest BCUT2D eigenvalue weighted by Gasteiger charge is -2.03. The van der Waals surface area contributed by atoms with Crippen LogP contribution in [-0.2, 0) is 11.2 Å². The quantitative estimate of drug-likeness (QED) is 0.466. The molecule has 0 fully saturated rings. The van der Waals surface area contributed by atoms with E-state index in [1.54, 1.807) is 0 Å². The van der Waals surface area contributed by atoms with Crippen LogP contribution in [0.3, 0.4) is 0 Å². The van der Waals surface area contributed by atoms with Crippen molar-refractivity contribution in [3.05, 3.63) is 35.9 Å². The Bertz CT molecular complexity index is 358. The van der Waals surface area contributed by atoms with Crippen molar-refractivity contribution in [2.45, 2.75) is 6.42 Å². The Balaban J connectivity index is 2.21. The van der Waals surface area contributed by atoms with Gasteiger partial charge in [-0.1, -0.05) is 30.3 Å². The zero-order valence-corrected chi connectivity index (χ0v) is 9.02. The summed E-state index contributed by atoms with van der Waals surface area (Å²) in [6.45, 7) is 0.569. The summed E-state index contributed by atoms with van der Waals surface area (Å²) in [5.41, 5.74) is 11.4. The van der Waals surface area contributed by atoms with Gasteiger partial charge in [-0.25, -0.2) is 4.99 Å². The summed E-state index contributed by atoms with van der Waals surface area (Å²) >= 11 is 0. The molecule has 1 amide bonds. The minimum atomic E-state index is -0.177. The van der Waals surface area contributed by atoms with E-state index >= 15 is 0 Å². The lowest BCUT2D eigenvalue weighted by molar-refractivity contribution is -0.119. The van der Waals surface area contributed by atoms with Crippen LogP contribution in [0.15, 0.2) is 35.3 Å². The summed E-state index contributed by atoms with van der Waals surface area (Å²) in [5.74, 6) is -0.248. The van der Waals surface area contributed by atoms with Crippen molar-refractivity contribution >= 4 is 11.9 Å². The molecule has 1 aromatic carbocycles. The van der Waals surface area contributed by atoms with Gasteiger partial charge in [-0.05, 0) is 12.0 Å². The maximum atomic E-state index is 11.2. The molecule has 5 nitrogen and oxygen atoms in total. The number of carbonyl (C=O) groups excluding carboxylic acids is 1. The minimum absolute atomic E-state index is 0.0167. The van der Waals surface area contributed by atoms with Crippen molar-refractivity contribution in [1.82, 2.24) is 5.32 Å². The third kappa shape index (κ3) is 4.99. The van der Waals surface area contributed by atoms with Crippen LogP contribution >= 0.6 is 0 Å². The van der Waals surface area contributed by atoms with Gasteiger partial charge in [0.1, 0.15) is 6.54 Å². The molecule has 0 heterocycles. The molecule has 0 spiro atoms. The molecule has 0 aromatic heterocycles. The number of aliphatic imine (C=N–C) groups is 1. The highest BCUT2D eigenvalue weighted by Crippen LogP contribution is 1.97. The van der Waals surface area contributed by atoms with Gasteiger partial charge in [0.25, 0.3) is 0 Å². The van der Waals surface area contributed by atoms with E-state index in [4.69, 9.17) is 11.5 Å². The van der Waals surface area contributed by atoms with Crippen molar-refractivity contribution < 1.29 is 4.79 Å². The molecule has 1 aromatic rings. The van der Waals surface area contributed by atoms with Gasteiger partial charge < -0.3 is 16.8 Å². The molecule has 0 aliphatic rings. The highest BCUT2D eigenvalue weighted by molar-refractivity contribution is 5.83. The maximum Gasteiger partial charge on any atom is 0.241 e. The van der Waals surface area contributed by atoms with Crippen LogP contribution in [0.2, 0.25) is 0 Å². The second kappa shape index (κ2) is 6.44. The van der Waals surface area contributed by atoms with E-state index in [9.17, 15) is 4.79 Å².